The highest BCUT2D eigenvalue weighted by Gasteiger charge is 2.20. The topological polar surface area (TPSA) is 57.8 Å². The average Bonchev–Trinajstić information content (AvgIpc) is 3.13. The van der Waals surface area contributed by atoms with Crippen molar-refractivity contribution in [2.45, 2.75) is 0 Å². The zero-order valence-corrected chi connectivity index (χ0v) is 15.1. The SMILES string of the molecule is O=C(Nc1c(-c2ccccc2)n[nH]c1-c1ccccc1)c1ccccc1Cl. The molecule has 27 heavy (non-hydrogen) atoms. The highest BCUT2D eigenvalue weighted by Crippen LogP contribution is 2.35. The monoisotopic (exact) mass is 373 g/mol. The summed E-state index contributed by atoms with van der Waals surface area (Å²) in [6, 6.07) is 26.5. The first kappa shape index (κ1) is 17.1. The Morgan fingerprint density at radius 2 is 1.41 bits per heavy atom. The van der Waals surface area contributed by atoms with Crippen molar-refractivity contribution < 1.29 is 4.79 Å². The van der Waals surface area contributed by atoms with Gasteiger partial charge in [0, 0.05) is 11.1 Å². The van der Waals surface area contributed by atoms with Crippen molar-refractivity contribution in [1.82, 2.24) is 10.2 Å². The van der Waals surface area contributed by atoms with E-state index < -0.39 is 0 Å². The maximum absolute atomic E-state index is 12.9. The van der Waals surface area contributed by atoms with Crippen molar-refractivity contribution in [2.75, 3.05) is 5.32 Å². The van der Waals surface area contributed by atoms with E-state index >= 15 is 0 Å². The lowest BCUT2D eigenvalue weighted by molar-refractivity contribution is 0.102. The minimum atomic E-state index is -0.281. The lowest BCUT2D eigenvalue weighted by Gasteiger charge is -2.10. The second kappa shape index (κ2) is 7.48. The van der Waals surface area contributed by atoms with Gasteiger partial charge in [-0.15, -0.1) is 0 Å². The van der Waals surface area contributed by atoms with Gasteiger partial charge in [-0.05, 0) is 12.1 Å². The van der Waals surface area contributed by atoms with Crippen molar-refractivity contribution in [3.8, 4) is 22.5 Å². The fourth-order valence-electron chi connectivity index (χ4n) is 2.91. The Morgan fingerprint density at radius 3 is 2.07 bits per heavy atom. The maximum atomic E-state index is 12.9. The molecule has 0 spiro atoms. The van der Waals surface area contributed by atoms with Gasteiger partial charge in [-0.25, -0.2) is 0 Å². The van der Waals surface area contributed by atoms with Crippen molar-refractivity contribution in [3.63, 3.8) is 0 Å². The molecule has 0 radical (unpaired) electrons. The number of H-pyrrole nitrogens is 1. The minimum absolute atomic E-state index is 0.281. The molecule has 0 saturated heterocycles. The Balaban J connectivity index is 1.81. The Morgan fingerprint density at radius 1 is 0.815 bits per heavy atom. The molecule has 3 aromatic carbocycles. The molecule has 0 unspecified atom stereocenters. The first-order valence-electron chi connectivity index (χ1n) is 8.49. The van der Waals surface area contributed by atoms with Crippen LogP contribution in [0.1, 0.15) is 10.4 Å². The molecular weight excluding hydrogens is 358 g/mol. The summed E-state index contributed by atoms with van der Waals surface area (Å²) in [5, 5.41) is 10.9. The molecule has 4 rings (SSSR count). The number of aromatic nitrogens is 2. The standard InChI is InChI=1S/C22H16ClN3O/c23-18-14-8-7-13-17(18)22(27)24-21-19(15-9-3-1-4-10-15)25-26-20(21)16-11-5-2-6-12-16/h1-14H,(H,24,27)(H,25,26). The summed E-state index contributed by atoms with van der Waals surface area (Å²) < 4.78 is 0. The number of nitrogens with zero attached hydrogens (tertiary/aromatic N) is 1. The van der Waals surface area contributed by atoms with Crippen molar-refractivity contribution in [3.05, 3.63) is 95.5 Å². The molecule has 4 nitrogen and oxygen atoms in total. The van der Waals surface area contributed by atoms with Crippen LogP contribution in [0, 0.1) is 0 Å². The third-order valence-corrected chi connectivity index (χ3v) is 4.56. The van der Waals surface area contributed by atoms with Crippen LogP contribution in [0.25, 0.3) is 22.5 Å². The highest BCUT2D eigenvalue weighted by atomic mass is 35.5. The van der Waals surface area contributed by atoms with Crippen molar-refractivity contribution in [1.29, 1.82) is 0 Å². The summed E-state index contributed by atoms with van der Waals surface area (Å²) in [6.07, 6.45) is 0. The van der Waals surface area contributed by atoms with Gasteiger partial charge in [-0.3, -0.25) is 9.89 Å². The maximum Gasteiger partial charge on any atom is 0.257 e. The van der Waals surface area contributed by atoms with E-state index in [0.29, 0.717) is 22.0 Å². The fraction of sp³-hybridized carbons (Fsp3) is 0. The fourth-order valence-corrected chi connectivity index (χ4v) is 3.13. The van der Waals surface area contributed by atoms with Crippen LogP contribution in [-0.2, 0) is 0 Å². The zero-order chi connectivity index (χ0) is 18.6. The molecular formula is C22H16ClN3O. The van der Waals surface area contributed by atoms with Crippen LogP contribution in [0.4, 0.5) is 5.69 Å². The number of halogens is 1. The number of hydrogen-bond acceptors (Lipinski definition) is 2. The summed E-state index contributed by atoms with van der Waals surface area (Å²) in [4.78, 5) is 12.9. The quantitative estimate of drug-likeness (QED) is 0.485. The number of anilines is 1. The molecule has 0 saturated carbocycles. The predicted molar refractivity (Wildman–Crippen MR) is 109 cm³/mol. The molecule has 0 aliphatic heterocycles. The molecule has 132 valence electrons. The summed E-state index contributed by atoms with van der Waals surface area (Å²) in [5.41, 5.74) is 4.30. The highest BCUT2D eigenvalue weighted by molar-refractivity contribution is 6.34. The Kier molecular flexibility index (Phi) is 4.73. The zero-order valence-electron chi connectivity index (χ0n) is 14.3. The van der Waals surface area contributed by atoms with E-state index in [1.807, 2.05) is 60.7 Å². The van der Waals surface area contributed by atoms with E-state index in [2.05, 4.69) is 15.5 Å². The number of carbonyl (C=O) groups excluding carboxylic acids is 1. The molecule has 0 atom stereocenters. The van der Waals surface area contributed by atoms with Gasteiger partial charge in [0.15, 0.2) is 0 Å². The van der Waals surface area contributed by atoms with Gasteiger partial charge in [0.25, 0.3) is 5.91 Å². The van der Waals surface area contributed by atoms with Crippen LogP contribution in [0.15, 0.2) is 84.9 Å². The smallest absolute Gasteiger partial charge is 0.257 e. The largest absolute Gasteiger partial charge is 0.318 e. The number of nitrogens with one attached hydrogen (secondary N) is 2. The number of amides is 1. The lowest BCUT2D eigenvalue weighted by atomic mass is 10.1. The van der Waals surface area contributed by atoms with Gasteiger partial charge in [0.1, 0.15) is 5.69 Å². The number of aromatic amines is 1. The summed E-state index contributed by atoms with van der Waals surface area (Å²) in [7, 11) is 0. The third-order valence-electron chi connectivity index (χ3n) is 4.23. The van der Waals surface area contributed by atoms with Gasteiger partial charge in [-0.2, -0.15) is 5.10 Å². The lowest BCUT2D eigenvalue weighted by Crippen LogP contribution is -2.13. The summed E-state index contributed by atoms with van der Waals surface area (Å²) in [5.74, 6) is -0.281. The molecule has 1 aromatic heterocycles. The van der Waals surface area contributed by atoms with Crippen LogP contribution < -0.4 is 5.32 Å². The van der Waals surface area contributed by atoms with Crippen LogP contribution in [0.2, 0.25) is 5.02 Å². The Bertz CT molecular complexity index is 1020. The van der Waals surface area contributed by atoms with E-state index in [4.69, 9.17) is 11.6 Å². The summed E-state index contributed by atoms with van der Waals surface area (Å²) >= 11 is 6.19. The van der Waals surface area contributed by atoms with E-state index in [-0.39, 0.29) is 5.91 Å². The van der Waals surface area contributed by atoms with E-state index in [1.165, 1.54) is 0 Å². The van der Waals surface area contributed by atoms with Gasteiger partial charge in [-0.1, -0.05) is 84.4 Å². The molecule has 1 heterocycles. The molecule has 0 bridgehead atoms. The second-order valence-corrected chi connectivity index (χ2v) is 6.40. The van der Waals surface area contributed by atoms with Gasteiger partial charge in [0.05, 0.1) is 22.0 Å². The van der Waals surface area contributed by atoms with E-state index in [0.717, 1.165) is 16.8 Å². The van der Waals surface area contributed by atoms with Crippen LogP contribution >= 0.6 is 11.6 Å². The average molecular weight is 374 g/mol. The van der Waals surface area contributed by atoms with Crippen molar-refractivity contribution in [2.24, 2.45) is 0 Å². The van der Waals surface area contributed by atoms with E-state index in [9.17, 15) is 4.79 Å². The Hall–Kier alpha value is -3.37. The van der Waals surface area contributed by atoms with Crippen LogP contribution in [-0.4, -0.2) is 16.1 Å². The molecule has 2 N–H and O–H groups in total. The van der Waals surface area contributed by atoms with Crippen LogP contribution in [0.5, 0.6) is 0 Å². The number of hydrogen-bond donors (Lipinski definition) is 2. The minimum Gasteiger partial charge on any atom is -0.318 e. The molecule has 0 aliphatic carbocycles. The molecule has 4 aromatic rings. The first-order valence-corrected chi connectivity index (χ1v) is 8.87. The van der Waals surface area contributed by atoms with Crippen molar-refractivity contribution >= 4 is 23.2 Å². The number of rotatable bonds is 4. The second-order valence-electron chi connectivity index (χ2n) is 5.99. The molecule has 5 heteroatoms. The van der Waals surface area contributed by atoms with Gasteiger partial charge >= 0.3 is 0 Å². The Labute approximate surface area is 161 Å². The first-order chi connectivity index (χ1) is 13.2. The van der Waals surface area contributed by atoms with Gasteiger partial charge in [0.2, 0.25) is 0 Å². The molecule has 0 aliphatic rings. The number of carbonyl (C=O) groups is 1. The van der Waals surface area contributed by atoms with Gasteiger partial charge < -0.3 is 5.32 Å². The molecule has 1 amide bonds. The molecule has 0 fully saturated rings. The number of benzene rings is 3. The predicted octanol–water partition coefficient (Wildman–Crippen LogP) is 5.65. The normalized spacial score (nSPS) is 10.6. The summed E-state index contributed by atoms with van der Waals surface area (Å²) in [6.45, 7) is 0. The van der Waals surface area contributed by atoms with E-state index in [1.54, 1.807) is 24.3 Å². The van der Waals surface area contributed by atoms with Crippen LogP contribution in [0.3, 0.4) is 0 Å². The third kappa shape index (κ3) is 3.48.